The Morgan fingerprint density at radius 3 is 2.27 bits per heavy atom. The fraction of sp³-hybridized carbons (Fsp3) is 0.240. The number of benzene rings is 3. The van der Waals surface area contributed by atoms with Crippen LogP contribution in [0, 0.1) is 18.3 Å². The van der Waals surface area contributed by atoms with Gasteiger partial charge in [0, 0.05) is 17.0 Å². The molecule has 0 saturated carbocycles. The van der Waals surface area contributed by atoms with Gasteiger partial charge in [0.2, 0.25) is 5.88 Å². The third-order valence-electron chi connectivity index (χ3n) is 5.25. The number of nitriles is 1. The number of rotatable bonds is 6. The molecule has 3 aromatic carbocycles. The van der Waals surface area contributed by atoms with Gasteiger partial charge in [-0.1, -0.05) is 36.4 Å². The number of aromatic hydroxyl groups is 1. The van der Waals surface area contributed by atoms with Gasteiger partial charge in [-0.3, -0.25) is 4.57 Å². The summed E-state index contributed by atoms with van der Waals surface area (Å²) in [7, 11) is 0. The lowest BCUT2D eigenvalue weighted by molar-refractivity contribution is 0.341. The fourth-order valence-electron chi connectivity index (χ4n) is 4.02. The van der Waals surface area contributed by atoms with Crippen molar-refractivity contribution in [1.29, 1.82) is 5.26 Å². The molecule has 0 aliphatic carbocycles. The summed E-state index contributed by atoms with van der Waals surface area (Å²) >= 11 is 0. The SMILES string of the molecule is CCOc1c2ccccc2c(OCC)c2c(O)n(-c3ccc(CC#N)cc3C)cc12. The molecule has 0 spiro atoms. The van der Waals surface area contributed by atoms with E-state index in [1.165, 1.54) is 0 Å². The van der Waals surface area contributed by atoms with Crippen molar-refractivity contribution in [3.05, 3.63) is 59.8 Å². The van der Waals surface area contributed by atoms with Crippen molar-refractivity contribution in [2.75, 3.05) is 13.2 Å². The van der Waals surface area contributed by atoms with Crippen LogP contribution in [-0.4, -0.2) is 22.9 Å². The van der Waals surface area contributed by atoms with E-state index in [-0.39, 0.29) is 5.88 Å². The molecule has 5 heteroatoms. The largest absolute Gasteiger partial charge is 0.494 e. The predicted octanol–water partition coefficient (Wildman–Crippen LogP) is 5.66. The highest BCUT2D eigenvalue weighted by Gasteiger charge is 2.23. The summed E-state index contributed by atoms with van der Waals surface area (Å²) < 4.78 is 13.8. The summed E-state index contributed by atoms with van der Waals surface area (Å²) in [5.74, 6) is 1.50. The molecule has 30 heavy (non-hydrogen) atoms. The Kier molecular flexibility index (Phi) is 5.24. The van der Waals surface area contributed by atoms with Crippen molar-refractivity contribution in [1.82, 2.24) is 4.57 Å². The smallest absolute Gasteiger partial charge is 0.207 e. The molecule has 0 radical (unpaired) electrons. The van der Waals surface area contributed by atoms with Crippen LogP contribution in [0.3, 0.4) is 0 Å². The summed E-state index contributed by atoms with van der Waals surface area (Å²) in [6, 6.07) is 15.9. The molecule has 0 unspecified atom stereocenters. The van der Waals surface area contributed by atoms with E-state index in [9.17, 15) is 5.11 Å². The van der Waals surface area contributed by atoms with Gasteiger partial charge in [-0.2, -0.15) is 5.26 Å². The van der Waals surface area contributed by atoms with Crippen LogP contribution in [0.1, 0.15) is 25.0 Å². The average molecular weight is 400 g/mol. The Morgan fingerprint density at radius 1 is 0.967 bits per heavy atom. The van der Waals surface area contributed by atoms with Crippen LogP contribution in [-0.2, 0) is 6.42 Å². The number of ether oxygens (including phenoxy) is 2. The van der Waals surface area contributed by atoms with E-state index in [2.05, 4.69) is 6.07 Å². The van der Waals surface area contributed by atoms with Crippen LogP contribution in [0.2, 0.25) is 0 Å². The number of aryl methyl sites for hydroxylation is 1. The molecule has 0 aliphatic heterocycles. The van der Waals surface area contributed by atoms with Gasteiger partial charge in [0.05, 0.1) is 42.2 Å². The van der Waals surface area contributed by atoms with Crippen LogP contribution in [0.15, 0.2) is 48.7 Å². The normalized spacial score (nSPS) is 11.0. The summed E-state index contributed by atoms with van der Waals surface area (Å²) in [5.41, 5.74) is 2.77. The molecule has 1 heterocycles. The molecule has 0 fully saturated rings. The Balaban J connectivity index is 2.06. The van der Waals surface area contributed by atoms with Gasteiger partial charge in [-0.05, 0) is 38.0 Å². The van der Waals surface area contributed by atoms with E-state index in [1.807, 2.05) is 69.4 Å². The first-order chi connectivity index (χ1) is 14.6. The van der Waals surface area contributed by atoms with Crippen molar-refractivity contribution in [2.24, 2.45) is 0 Å². The molecule has 152 valence electrons. The van der Waals surface area contributed by atoms with Gasteiger partial charge in [-0.25, -0.2) is 0 Å². The van der Waals surface area contributed by atoms with E-state index in [4.69, 9.17) is 14.7 Å². The molecule has 4 rings (SSSR count). The van der Waals surface area contributed by atoms with E-state index < -0.39 is 0 Å². The second-order valence-corrected chi connectivity index (χ2v) is 7.14. The van der Waals surface area contributed by atoms with Gasteiger partial charge >= 0.3 is 0 Å². The molecule has 0 amide bonds. The topological polar surface area (TPSA) is 67.4 Å². The highest BCUT2D eigenvalue weighted by molar-refractivity contribution is 6.13. The van der Waals surface area contributed by atoms with E-state index >= 15 is 0 Å². The minimum absolute atomic E-state index is 0.108. The van der Waals surface area contributed by atoms with E-state index in [1.54, 1.807) is 4.57 Å². The molecular weight excluding hydrogens is 376 g/mol. The lowest BCUT2D eigenvalue weighted by atomic mass is 10.0. The van der Waals surface area contributed by atoms with E-state index in [0.717, 1.165) is 38.7 Å². The zero-order valence-electron chi connectivity index (χ0n) is 17.4. The first-order valence-electron chi connectivity index (χ1n) is 10.1. The van der Waals surface area contributed by atoms with Gasteiger partial charge in [0.15, 0.2) is 0 Å². The molecule has 1 aromatic heterocycles. The molecule has 0 aliphatic rings. The second-order valence-electron chi connectivity index (χ2n) is 7.14. The van der Waals surface area contributed by atoms with Crippen LogP contribution < -0.4 is 9.47 Å². The zero-order chi connectivity index (χ0) is 21.3. The first-order valence-corrected chi connectivity index (χ1v) is 10.1. The molecule has 0 atom stereocenters. The monoisotopic (exact) mass is 400 g/mol. The molecular formula is C25H24N2O3. The third kappa shape index (κ3) is 3.11. The fourth-order valence-corrected chi connectivity index (χ4v) is 4.02. The molecule has 0 saturated heterocycles. The minimum atomic E-state index is 0.108. The number of nitrogens with zero attached hydrogens (tertiary/aromatic N) is 2. The highest BCUT2D eigenvalue weighted by atomic mass is 16.5. The predicted molar refractivity (Wildman–Crippen MR) is 119 cm³/mol. The maximum atomic E-state index is 11.3. The Bertz CT molecular complexity index is 1280. The number of hydrogen-bond donors (Lipinski definition) is 1. The molecule has 0 bridgehead atoms. The lowest BCUT2D eigenvalue weighted by Gasteiger charge is -2.14. The Hall–Kier alpha value is -3.65. The van der Waals surface area contributed by atoms with Crippen LogP contribution in [0.4, 0.5) is 0 Å². The second kappa shape index (κ2) is 8.00. The Morgan fingerprint density at radius 2 is 1.63 bits per heavy atom. The van der Waals surface area contributed by atoms with Crippen LogP contribution in [0.5, 0.6) is 17.4 Å². The molecule has 5 nitrogen and oxygen atoms in total. The quantitative estimate of drug-likeness (QED) is 0.453. The van der Waals surface area contributed by atoms with Crippen LogP contribution >= 0.6 is 0 Å². The summed E-state index contributed by atoms with van der Waals surface area (Å²) in [6.45, 7) is 6.86. The molecule has 4 aromatic rings. The van der Waals surface area contributed by atoms with Crippen molar-refractivity contribution in [3.63, 3.8) is 0 Å². The third-order valence-corrected chi connectivity index (χ3v) is 5.25. The minimum Gasteiger partial charge on any atom is -0.494 e. The standard InChI is InChI=1S/C25H24N2O3/c1-4-29-23-18-8-6-7-9-19(18)24(30-5-2)22-20(23)15-27(25(22)28)21-11-10-17(12-13-26)14-16(21)3/h6-11,14-15,28H,4-5,12H2,1-3H3. The molecule has 1 N–H and O–H groups in total. The van der Waals surface area contributed by atoms with Gasteiger partial charge in [0.1, 0.15) is 11.5 Å². The van der Waals surface area contributed by atoms with Crippen molar-refractivity contribution in [3.8, 4) is 29.1 Å². The van der Waals surface area contributed by atoms with Crippen LogP contribution in [0.25, 0.3) is 27.2 Å². The average Bonchev–Trinajstić information content (AvgIpc) is 3.08. The number of hydrogen-bond acceptors (Lipinski definition) is 4. The van der Waals surface area contributed by atoms with Crippen molar-refractivity contribution < 1.29 is 14.6 Å². The first kappa shape index (κ1) is 19.7. The number of aromatic nitrogens is 1. The van der Waals surface area contributed by atoms with Gasteiger partial charge in [-0.15, -0.1) is 0 Å². The highest BCUT2D eigenvalue weighted by Crippen LogP contribution is 2.48. The summed E-state index contributed by atoms with van der Waals surface area (Å²) in [6.07, 6.45) is 2.26. The van der Waals surface area contributed by atoms with Crippen molar-refractivity contribution in [2.45, 2.75) is 27.2 Å². The summed E-state index contributed by atoms with van der Waals surface area (Å²) in [5, 5.41) is 23.5. The van der Waals surface area contributed by atoms with E-state index in [0.29, 0.717) is 30.8 Å². The Labute approximate surface area is 175 Å². The van der Waals surface area contributed by atoms with Crippen molar-refractivity contribution >= 4 is 21.5 Å². The van der Waals surface area contributed by atoms with Gasteiger partial charge < -0.3 is 14.6 Å². The lowest BCUT2D eigenvalue weighted by Crippen LogP contribution is -1.97. The number of fused-ring (bicyclic) bond motifs is 2. The van der Waals surface area contributed by atoms with Gasteiger partial charge in [0.25, 0.3) is 0 Å². The maximum absolute atomic E-state index is 11.3. The summed E-state index contributed by atoms with van der Waals surface area (Å²) in [4.78, 5) is 0. The zero-order valence-corrected chi connectivity index (χ0v) is 17.4. The maximum Gasteiger partial charge on any atom is 0.207 e.